The van der Waals surface area contributed by atoms with E-state index in [4.69, 9.17) is 4.74 Å². The summed E-state index contributed by atoms with van der Waals surface area (Å²) >= 11 is 0. The largest absolute Gasteiger partial charge is 0.493 e. The summed E-state index contributed by atoms with van der Waals surface area (Å²) < 4.78 is 34.5. The zero-order valence-electron chi connectivity index (χ0n) is 17.8. The summed E-state index contributed by atoms with van der Waals surface area (Å²) in [6.07, 6.45) is 2.20. The molecule has 0 unspecified atom stereocenters. The van der Waals surface area contributed by atoms with E-state index in [1.165, 1.54) is 13.2 Å². The number of carbonyl (C=O) groups excluding carboxylic acids is 1. The van der Waals surface area contributed by atoms with Crippen molar-refractivity contribution < 1.29 is 23.0 Å². The van der Waals surface area contributed by atoms with Gasteiger partial charge in [0.2, 0.25) is 5.91 Å². The van der Waals surface area contributed by atoms with Gasteiger partial charge in [-0.3, -0.25) is 4.79 Å². The Hall–Kier alpha value is -2.94. The summed E-state index contributed by atoms with van der Waals surface area (Å²) in [5.41, 5.74) is 0.886. The summed E-state index contributed by atoms with van der Waals surface area (Å²) in [6, 6.07) is 10.7. The number of benzene rings is 1. The SMILES string of the molecule is COc1cc(CN(C)CCC(=O)N2CCN(c3ccccn3)CC2)ccc1OC(F)F. The fraction of sp³-hybridized carbons (Fsp3) is 0.455. The van der Waals surface area contributed by atoms with E-state index in [0.29, 0.717) is 32.6 Å². The number of methoxy groups -OCH3 is 1. The quantitative estimate of drug-likeness (QED) is 0.605. The highest BCUT2D eigenvalue weighted by Gasteiger charge is 2.22. The third-order valence-electron chi connectivity index (χ3n) is 5.21. The van der Waals surface area contributed by atoms with Crippen LogP contribution in [-0.2, 0) is 11.3 Å². The Labute approximate surface area is 181 Å². The molecule has 1 aliphatic heterocycles. The highest BCUT2D eigenvalue weighted by molar-refractivity contribution is 5.76. The molecule has 168 valence electrons. The molecule has 0 spiro atoms. The Kier molecular flexibility index (Phi) is 8.00. The van der Waals surface area contributed by atoms with Crippen LogP contribution < -0.4 is 14.4 Å². The molecule has 0 aliphatic carbocycles. The highest BCUT2D eigenvalue weighted by Crippen LogP contribution is 2.29. The monoisotopic (exact) mass is 434 g/mol. The molecular formula is C22H28F2N4O3. The van der Waals surface area contributed by atoms with Gasteiger partial charge >= 0.3 is 6.61 Å². The number of carbonyl (C=O) groups is 1. The van der Waals surface area contributed by atoms with Gasteiger partial charge in [-0.2, -0.15) is 8.78 Å². The van der Waals surface area contributed by atoms with E-state index in [1.54, 1.807) is 18.3 Å². The van der Waals surface area contributed by atoms with Crippen molar-refractivity contribution >= 4 is 11.7 Å². The van der Waals surface area contributed by atoms with Crippen molar-refractivity contribution in [3.8, 4) is 11.5 Å². The molecule has 0 atom stereocenters. The van der Waals surface area contributed by atoms with Gasteiger partial charge in [0.05, 0.1) is 7.11 Å². The summed E-state index contributed by atoms with van der Waals surface area (Å²) in [6.45, 7) is 1.16. The zero-order valence-corrected chi connectivity index (χ0v) is 17.8. The van der Waals surface area contributed by atoms with Crippen molar-refractivity contribution in [1.82, 2.24) is 14.8 Å². The molecule has 1 amide bonds. The first-order chi connectivity index (χ1) is 15.0. The molecule has 9 heteroatoms. The Morgan fingerprint density at radius 3 is 2.58 bits per heavy atom. The molecule has 1 fully saturated rings. The molecule has 0 N–H and O–H groups in total. The predicted octanol–water partition coefficient (Wildman–Crippen LogP) is 2.86. The van der Waals surface area contributed by atoms with Crippen LogP contribution >= 0.6 is 0 Å². The number of ether oxygens (including phenoxy) is 2. The molecule has 3 rings (SSSR count). The lowest BCUT2D eigenvalue weighted by Gasteiger charge is -2.35. The first-order valence-electron chi connectivity index (χ1n) is 10.2. The third-order valence-corrected chi connectivity index (χ3v) is 5.21. The van der Waals surface area contributed by atoms with Crippen LogP contribution in [0, 0.1) is 0 Å². The van der Waals surface area contributed by atoms with Gasteiger partial charge in [-0.05, 0) is 36.9 Å². The normalized spacial score (nSPS) is 14.3. The molecular weight excluding hydrogens is 406 g/mol. The van der Waals surface area contributed by atoms with Crippen molar-refractivity contribution in [2.75, 3.05) is 51.8 Å². The van der Waals surface area contributed by atoms with Crippen LogP contribution in [0.15, 0.2) is 42.6 Å². The van der Waals surface area contributed by atoms with Crippen molar-refractivity contribution in [1.29, 1.82) is 0 Å². The van der Waals surface area contributed by atoms with Gasteiger partial charge < -0.3 is 24.2 Å². The number of rotatable bonds is 9. The minimum atomic E-state index is -2.90. The van der Waals surface area contributed by atoms with Gasteiger partial charge in [0.25, 0.3) is 0 Å². The molecule has 7 nitrogen and oxygen atoms in total. The summed E-state index contributed by atoms with van der Waals surface area (Å²) in [7, 11) is 3.33. The van der Waals surface area contributed by atoms with Crippen molar-refractivity contribution in [2.24, 2.45) is 0 Å². The summed E-state index contributed by atoms with van der Waals surface area (Å²) in [5.74, 6) is 1.33. The van der Waals surface area contributed by atoms with Crippen molar-refractivity contribution in [3.05, 3.63) is 48.2 Å². The fourth-order valence-corrected chi connectivity index (χ4v) is 3.56. The van der Waals surface area contributed by atoms with Crippen LogP contribution in [0.25, 0.3) is 0 Å². The number of amides is 1. The first kappa shape index (κ1) is 22.7. The van der Waals surface area contributed by atoms with Crippen molar-refractivity contribution in [3.63, 3.8) is 0 Å². The molecule has 2 heterocycles. The molecule has 0 saturated carbocycles. The third kappa shape index (κ3) is 6.52. The second kappa shape index (κ2) is 10.9. The van der Waals surface area contributed by atoms with E-state index in [-0.39, 0.29) is 17.4 Å². The van der Waals surface area contributed by atoms with Gasteiger partial charge in [0.15, 0.2) is 11.5 Å². The second-order valence-corrected chi connectivity index (χ2v) is 7.41. The molecule has 1 aromatic carbocycles. The van der Waals surface area contributed by atoms with E-state index < -0.39 is 6.61 Å². The Balaban J connectivity index is 1.44. The molecule has 0 radical (unpaired) electrons. The number of hydrogen-bond donors (Lipinski definition) is 0. The number of pyridine rings is 1. The molecule has 0 bridgehead atoms. The smallest absolute Gasteiger partial charge is 0.387 e. The second-order valence-electron chi connectivity index (χ2n) is 7.41. The Morgan fingerprint density at radius 2 is 1.94 bits per heavy atom. The van der Waals surface area contributed by atoms with E-state index in [0.717, 1.165) is 24.5 Å². The van der Waals surface area contributed by atoms with Crippen LogP contribution in [0.4, 0.5) is 14.6 Å². The van der Waals surface area contributed by atoms with E-state index >= 15 is 0 Å². The maximum Gasteiger partial charge on any atom is 0.387 e. The average molecular weight is 434 g/mol. The van der Waals surface area contributed by atoms with Gasteiger partial charge in [0.1, 0.15) is 5.82 Å². The van der Waals surface area contributed by atoms with Gasteiger partial charge in [0, 0.05) is 51.9 Å². The predicted molar refractivity (Wildman–Crippen MR) is 114 cm³/mol. The summed E-state index contributed by atoms with van der Waals surface area (Å²) in [4.78, 5) is 23.1. The van der Waals surface area contributed by atoms with E-state index in [9.17, 15) is 13.6 Å². The minimum absolute atomic E-state index is 0.00364. The minimum Gasteiger partial charge on any atom is -0.493 e. The maximum absolute atomic E-state index is 12.6. The number of hydrogen-bond acceptors (Lipinski definition) is 6. The molecule has 2 aromatic rings. The van der Waals surface area contributed by atoms with Crippen LogP contribution in [-0.4, -0.2) is 74.2 Å². The van der Waals surface area contributed by atoms with Crippen LogP contribution in [0.1, 0.15) is 12.0 Å². The number of anilines is 1. The highest BCUT2D eigenvalue weighted by atomic mass is 19.3. The molecule has 31 heavy (non-hydrogen) atoms. The number of piperazine rings is 1. The number of halogens is 2. The number of nitrogens with zero attached hydrogens (tertiary/aromatic N) is 4. The molecule has 1 aliphatic rings. The average Bonchev–Trinajstić information content (AvgIpc) is 2.79. The molecule has 1 aromatic heterocycles. The van der Waals surface area contributed by atoms with Crippen molar-refractivity contribution in [2.45, 2.75) is 19.6 Å². The zero-order chi connectivity index (χ0) is 22.2. The van der Waals surface area contributed by atoms with Crippen LogP contribution in [0.2, 0.25) is 0 Å². The van der Waals surface area contributed by atoms with Gasteiger partial charge in [-0.25, -0.2) is 4.98 Å². The molecule has 1 saturated heterocycles. The maximum atomic E-state index is 12.6. The van der Waals surface area contributed by atoms with Crippen LogP contribution in [0.5, 0.6) is 11.5 Å². The van der Waals surface area contributed by atoms with Gasteiger partial charge in [-0.15, -0.1) is 0 Å². The van der Waals surface area contributed by atoms with Crippen LogP contribution in [0.3, 0.4) is 0 Å². The topological polar surface area (TPSA) is 58.1 Å². The lowest BCUT2D eigenvalue weighted by atomic mass is 10.2. The standard InChI is InChI=1S/C22H28F2N4O3/c1-26(16-17-6-7-18(31-22(23)24)19(15-17)30-2)10-8-21(29)28-13-11-27(12-14-28)20-5-3-4-9-25-20/h3-7,9,15,22H,8,10-14,16H2,1-2H3. The summed E-state index contributed by atoms with van der Waals surface area (Å²) in [5, 5.41) is 0. The lowest BCUT2D eigenvalue weighted by Crippen LogP contribution is -2.49. The Bertz CT molecular complexity index is 846. The van der Waals surface area contributed by atoms with E-state index in [1.807, 2.05) is 35.0 Å². The van der Waals surface area contributed by atoms with Gasteiger partial charge in [-0.1, -0.05) is 12.1 Å². The number of aromatic nitrogens is 1. The fourth-order valence-electron chi connectivity index (χ4n) is 3.56. The lowest BCUT2D eigenvalue weighted by molar-refractivity contribution is -0.131. The Morgan fingerprint density at radius 1 is 1.16 bits per heavy atom. The van der Waals surface area contributed by atoms with E-state index in [2.05, 4.69) is 14.6 Å². The first-order valence-corrected chi connectivity index (χ1v) is 10.2. The number of alkyl halides is 2.